The van der Waals surface area contributed by atoms with E-state index in [-0.39, 0.29) is 4.90 Å². The van der Waals surface area contributed by atoms with Crippen LogP contribution in [0.1, 0.15) is 12.5 Å². The van der Waals surface area contributed by atoms with Crippen molar-refractivity contribution in [2.24, 2.45) is 0 Å². The molecule has 0 aliphatic carbocycles. The van der Waals surface area contributed by atoms with Gasteiger partial charge in [-0.2, -0.15) is 4.31 Å². The Bertz CT molecular complexity index is 895. The van der Waals surface area contributed by atoms with Gasteiger partial charge >= 0.3 is 5.97 Å². The number of nitrogens with zero attached hydrogens (tertiary/aromatic N) is 1. The van der Waals surface area contributed by atoms with E-state index >= 15 is 0 Å². The van der Waals surface area contributed by atoms with Gasteiger partial charge in [0, 0.05) is 12.7 Å². The van der Waals surface area contributed by atoms with E-state index < -0.39 is 34.5 Å². The lowest BCUT2D eigenvalue weighted by Gasteiger charge is -2.18. The highest BCUT2D eigenvalue weighted by Crippen LogP contribution is 2.15. The molecule has 0 heterocycles. The molecule has 0 spiro atoms. The maximum absolute atomic E-state index is 12.5. The molecular formula is C19H22N2O5S. The molecule has 0 saturated carbocycles. The van der Waals surface area contributed by atoms with Gasteiger partial charge in [-0.25, -0.2) is 8.42 Å². The summed E-state index contributed by atoms with van der Waals surface area (Å²) in [6.07, 6.45) is -1.06. The van der Waals surface area contributed by atoms with Gasteiger partial charge in [0.1, 0.15) is 6.54 Å². The zero-order valence-corrected chi connectivity index (χ0v) is 16.2. The maximum atomic E-state index is 12.5. The summed E-state index contributed by atoms with van der Waals surface area (Å²) in [6, 6.07) is 15.0. The van der Waals surface area contributed by atoms with Gasteiger partial charge in [-0.3, -0.25) is 9.59 Å². The Kier molecular flexibility index (Phi) is 6.70. The number of aryl methyl sites for hydroxylation is 1. The molecule has 8 heteroatoms. The van der Waals surface area contributed by atoms with E-state index in [0.717, 1.165) is 9.87 Å². The number of rotatable bonds is 7. The minimum Gasteiger partial charge on any atom is -0.452 e. The number of hydrogen-bond acceptors (Lipinski definition) is 5. The molecule has 2 aromatic rings. The molecule has 27 heavy (non-hydrogen) atoms. The van der Waals surface area contributed by atoms with Gasteiger partial charge in [0.25, 0.3) is 5.91 Å². The predicted octanol–water partition coefficient (Wildman–Crippen LogP) is 2.19. The second-order valence-corrected chi connectivity index (χ2v) is 8.11. The van der Waals surface area contributed by atoms with E-state index in [4.69, 9.17) is 4.74 Å². The summed E-state index contributed by atoms with van der Waals surface area (Å²) < 4.78 is 30.9. The van der Waals surface area contributed by atoms with E-state index in [1.165, 1.54) is 26.1 Å². The Balaban J connectivity index is 1.93. The number of para-hydroxylation sites is 1. The number of amides is 1. The van der Waals surface area contributed by atoms with Crippen LogP contribution in [-0.2, 0) is 24.3 Å². The highest BCUT2D eigenvalue weighted by molar-refractivity contribution is 7.89. The molecule has 1 amide bonds. The fraction of sp³-hybridized carbons (Fsp3) is 0.263. The monoisotopic (exact) mass is 390 g/mol. The highest BCUT2D eigenvalue weighted by atomic mass is 32.2. The van der Waals surface area contributed by atoms with Crippen LogP contribution in [0.5, 0.6) is 0 Å². The number of carbonyl (C=O) groups excluding carboxylic acids is 2. The van der Waals surface area contributed by atoms with Crippen LogP contribution in [0.2, 0.25) is 0 Å². The summed E-state index contributed by atoms with van der Waals surface area (Å²) in [6.45, 7) is 2.77. The van der Waals surface area contributed by atoms with Crippen molar-refractivity contribution in [1.29, 1.82) is 0 Å². The van der Waals surface area contributed by atoms with Crippen molar-refractivity contribution < 1.29 is 22.7 Å². The molecule has 2 rings (SSSR count). The first-order valence-corrected chi connectivity index (χ1v) is 9.72. The van der Waals surface area contributed by atoms with E-state index in [9.17, 15) is 18.0 Å². The number of anilines is 1. The fourth-order valence-corrected chi connectivity index (χ4v) is 3.33. The standard InChI is InChI=1S/C19H22N2O5S/c1-14-9-11-17(12-10-14)27(24,25)21(3)13-18(22)26-15(2)19(23)20-16-7-5-4-6-8-16/h4-12,15H,13H2,1-3H3,(H,20,23)/t15-/m1/s1. The van der Waals surface area contributed by atoms with Gasteiger partial charge in [-0.05, 0) is 38.1 Å². The van der Waals surface area contributed by atoms with Crippen molar-refractivity contribution in [3.63, 3.8) is 0 Å². The average molecular weight is 390 g/mol. The molecule has 7 nitrogen and oxygen atoms in total. The first-order valence-electron chi connectivity index (χ1n) is 8.28. The van der Waals surface area contributed by atoms with Gasteiger partial charge in [0.15, 0.2) is 6.10 Å². The molecule has 0 saturated heterocycles. The molecule has 0 fully saturated rings. The van der Waals surface area contributed by atoms with Crippen molar-refractivity contribution in [1.82, 2.24) is 4.31 Å². The third-order valence-corrected chi connectivity index (χ3v) is 5.62. The molecule has 0 aliphatic rings. The summed E-state index contributed by atoms with van der Waals surface area (Å²) in [5.41, 5.74) is 1.50. The Hall–Kier alpha value is -2.71. The second kappa shape index (κ2) is 8.79. The number of esters is 1. The second-order valence-electron chi connectivity index (χ2n) is 6.06. The molecule has 2 aromatic carbocycles. The number of ether oxygens (including phenoxy) is 1. The summed E-state index contributed by atoms with van der Waals surface area (Å²) in [4.78, 5) is 24.2. The van der Waals surface area contributed by atoms with Crippen molar-refractivity contribution in [3.05, 3.63) is 60.2 Å². The third-order valence-electron chi connectivity index (χ3n) is 3.80. The quantitative estimate of drug-likeness (QED) is 0.732. The molecule has 1 N–H and O–H groups in total. The van der Waals surface area contributed by atoms with Gasteiger partial charge < -0.3 is 10.1 Å². The first kappa shape index (κ1) is 20.6. The Morgan fingerprint density at radius 1 is 1.07 bits per heavy atom. The molecule has 0 aromatic heterocycles. The molecule has 0 bridgehead atoms. The molecule has 0 unspecified atom stereocenters. The molecular weight excluding hydrogens is 368 g/mol. The van der Waals surface area contributed by atoms with E-state index in [2.05, 4.69) is 5.32 Å². The number of benzene rings is 2. The predicted molar refractivity (Wildman–Crippen MR) is 102 cm³/mol. The van der Waals surface area contributed by atoms with Crippen LogP contribution >= 0.6 is 0 Å². The Labute approximate surface area is 159 Å². The lowest BCUT2D eigenvalue weighted by atomic mass is 10.2. The number of sulfonamides is 1. The maximum Gasteiger partial charge on any atom is 0.322 e. The number of likely N-dealkylation sites (N-methyl/N-ethyl adjacent to an activating group) is 1. The zero-order valence-electron chi connectivity index (χ0n) is 15.4. The average Bonchev–Trinajstić information content (AvgIpc) is 2.62. The van der Waals surface area contributed by atoms with Gasteiger partial charge in [-0.1, -0.05) is 35.9 Å². The van der Waals surface area contributed by atoms with Crippen LogP contribution < -0.4 is 5.32 Å². The van der Waals surface area contributed by atoms with Gasteiger partial charge in [0.05, 0.1) is 4.90 Å². The van der Waals surface area contributed by atoms with Crippen molar-refractivity contribution >= 4 is 27.6 Å². The van der Waals surface area contributed by atoms with Crippen molar-refractivity contribution in [2.75, 3.05) is 18.9 Å². The van der Waals surface area contributed by atoms with Gasteiger partial charge in [0.2, 0.25) is 10.0 Å². The summed E-state index contributed by atoms with van der Waals surface area (Å²) in [5.74, 6) is -1.32. The smallest absolute Gasteiger partial charge is 0.322 e. The number of nitrogens with one attached hydrogen (secondary N) is 1. The Morgan fingerprint density at radius 2 is 1.67 bits per heavy atom. The largest absolute Gasteiger partial charge is 0.452 e. The van der Waals surface area contributed by atoms with E-state index in [1.54, 1.807) is 36.4 Å². The zero-order chi connectivity index (χ0) is 20.0. The topological polar surface area (TPSA) is 92.8 Å². The minimum absolute atomic E-state index is 0.0817. The minimum atomic E-state index is -3.82. The van der Waals surface area contributed by atoms with Crippen molar-refractivity contribution in [2.45, 2.75) is 24.8 Å². The fourth-order valence-electron chi connectivity index (χ4n) is 2.21. The van der Waals surface area contributed by atoms with Crippen LogP contribution in [0.15, 0.2) is 59.5 Å². The van der Waals surface area contributed by atoms with Crippen LogP contribution in [0.3, 0.4) is 0 Å². The van der Waals surface area contributed by atoms with Crippen LogP contribution in [0.25, 0.3) is 0 Å². The first-order chi connectivity index (χ1) is 12.7. The number of hydrogen-bond donors (Lipinski definition) is 1. The number of carbonyl (C=O) groups is 2. The summed E-state index contributed by atoms with van der Waals surface area (Å²) >= 11 is 0. The normalized spacial score (nSPS) is 12.4. The lowest BCUT2D eigenvalue weighted by molar-refractivity contribution is -0.153. The van der Waals surface area contributed by atoms with Crippen LogP contribution in [0, 0.1) is 6.92 Å². The molecule has 1 atom stereocenters. The van der Waals surface area contributed by atoms with Crippen molar-refractivity contribution in [3.8, 4) is 0 Å². The lowest BCUT2D eigenvalue weighted by Crippen LogP contribution is -2.37. The van der Waals surface area contributed by atoms with E-state index in [0.29, 0.717) is 5.69 Å². The van der Waals surface area contributed by atoms with Crippen LogP contribution in [0.4, 0.5) is 5.69 Å². The highest BCUT2D eigenvalue weighted by Gasteiger charge is 2.25. The molecule has 0 aliphatic heterocycles. The summed E-state index contributed by atoms with van der Waals surface area (Å²) in [7, 11) is -2.54. The van der Waals surface area contributed by atoms with E-state index in [1.807, 2.05) is 13.0 Å². The third kappa shape index (κ3) is 5.63. The van der Waals surface area contributed by atoms with Crippen LogP contribution in [-0.4, -0.2) is 44.3 Å². The Morgan fingerprint density at radius 3 is 2.26 bits per heavy atom. The SMILES string of the molecule is Cc1ccc(S(=O)(=O)N(C)CC(=O)O[C@H](C)C(=O)Nc2ccccc2)cc1. The van der Waals surface area contributed by atoms with Gasteiger partial charge in [-0.15, -0.1) is 0 Å². The molecule has 0 radical (unpaired) electrons. The molecule has 144 valence electrons. The summed E-state index contributed by atoms with van der Waals surface area (Å²) in [5, 5.41) is 2.61.